The zero-order valence-corrected chi connectivity index (χ0v) is 19.8. The molecular weight excluding hydrogens is 483 g/mol. The van der Waals surface area contributed by atoms with Crippen LogP contribution in [0.4, 0.5) is 13.2 Å². The maximum Gasteiger partial charge on any atom is 0.416 e. The van der Waals surface area contributed by atoms with Crippen molar-refractivity contribution >= 4 is 22.9 Å². The summed E-state index contributed by atoms with van der Waals surface area (Å²) in [6.45, 7) is 0.0831. The fourth-order valence-electron chi connectivity index (χ4n) is 4.86. The third-order valence-corrected chi connectivity index (χ3v) is 6.74. The number of alkyl halides is 3. The summed E-state index contributed by atoms with van der Waals surface area (Å²) < 4.78 is 40.5. The first-order valence-corrected chi connectivity index (χ1v) is 12.0. The Morgan fingerprint density at radius 3 is 2.38 bits per heavy atom. The second-order valence-corrected chi connectivity index (χ2v) is 9.21. The van der Waals surface area contributed by atoms with Crippen LogP contribution in [0.5, 0.6) is 0 Å². The number of carboxylic acids is 1. The lowest BCUT2D eigenvalue weighted by molar-refractivity contribution is -0.137. The van der Waals surface area contributed by atoms with Crippen LogP contribution in [0.1, 0.15) is 63.6 Å². The van der Waals surface area contributed by atoms with Gasteiger partial charge in [0.05, 0.1) is 22.2 Å². The largest absolute Gasteiger partial charge is 0.478 e. The van der Waals surface area contributed by atoms with Crippen LogP contribution in [-0.2, 0) is 12.7 Å². The number of amides is 1. The molecule has 0 radical (unpaired) electrons. The summed E-state index contributed by atoms with van der Waals surface area (Å²) >= 11 is 0. The molecule has 0 saturated heterocycles. The number of aromatic carboxylic acids is 1. The highest BCUT2D eigenvalue weighted by Gasteiger charge is 2.30. The highest BCUT2D eigenvalue weighted by atomic mass is 19.4. The average molecular weight is 508 g/mol. The standard InChI is InChI=1S/C28H24F3N3O3/c29-28(30,31)21-11-8-17(9-12-21)16-32-26(35)19-5-3-4-18(14-19)25-33-23-15-20(27(36)37)10-13-24(23)34(25)22-6-1-2-7-22/h3-5,8-15,22H,1-2,6-7,16H2,(H,32,35)(H,36,37). The van der Waals surface area contributed by atoms with E-state index in [0.29, 0.717) is 22.5 Å². The van der Waals surface area contributed by atoms with Gasteiger partial charge in [0.2, 0.25) is 0 Å². The third-order valence-electron chi connectivity index (χ3n) is 6.74. The molecule has 0 spiro atoms. The minimum absolute atomic E-state index is 0.0831. The van der Waals surface area contributed by atoms with Crippen molar-refractivity contribution in [2.24, 2.45) is 0 Å². The summed E-state index contributed by atoms with van der Waals surface area (Å²) in [6.07, 6.45) is -0.224. The molecule has 1 heterocycles. The summed E-state index contributed by atoms with van der Waals surface area (Å²) in [4.78, 5) is 29.1. The molecule has 3 aromatic carbocycles. The number of benzene rings is 3. The molecule has 1 amide bonds. The van der Waals surface area contributed by atoms with E-state index in [0.717, 1.165) is 48.9 Å². The van der Waals surface area contributed by atoms with Gasteiger partial charge in [-0.1, -0.05) is 37.1 Å². The highest BCUT2D eigenvalue weighted by molar-refractivity contribution is 5.96. The number of carbonyl (C=O) groups is 2. The zero-order chi connectivity index (χ0) is 26.2. The molecule has 1 aliphatic rings. The van der Waals surface area contributed by atoms with Gasteiger partial charge in [0.25, 0.3) is 5.91 Å². The first-order chi connectivity index (χ1) is 17.7. The molecule has 0 aliphatic heterocycles. The topological polar surface area (TPSA) is 84.2 Å². The average Bonchev–Trinajstić information content (AvgIpc) is 3.54. The molecule has 9 heteroatoms. The van der Waals surface area contributed by atoms with Crippen LogP contribution in [0.3, 0.4) is 0 Å². The number of carbonyl (C=O) groups excluding carboxylic acids is 1. The number of imidazole rings is 1. The van der Waals surface area contributed by atoms with Crippen molar-refractivity contribution in [3.05, 3.63) is 89.0 Å². The number of halogens is 3. The second-order valence-electron chi connectivity index (χ2n) is 9.21. The Bertz CT molecular complexity index is 1470. The van der Waals surface area contributed by atoms with E-state index in [-0.39, 0.29) is 24.1 Å². The van der Waals surface area contributed by atoms with Gasteiger partial charge >= 0.3 is 12.1 Å². The monoisotopic (exact) mass is 507 g/mol. The SMILES string of the molecule is O=C(O)c1ccc2c(c1)nc(-c1cccc(C(=O)NCc3ccc(C(F)(F)F)cc3)c1)n2C1CCCC1. The van der Waals surface area contributed by atoms with Crippen molar-refractivity contribution < 1.29 is 27.9 Å². The van der Waals surface area contributed by atoms with Gasteiger partial charge in [0.1, 0.15) is 5.82 Å². The molecule has 6 nitrogen and oxygen atoms in total. The maximum absolute atomic E-state index is 12.9. The number of hydrogen-bond acceptors (Lipinski definition) is 3. The molecule has 1 fully saturated rings. The lowest BCUT2D eigenvalue weighted by Crippen LogP contribution is -2.22. The zero-order valence-electron chi connectivity index (χ0n) is 19.8. The smallest absolute Gasteiger partial charge is 0.416 e. The summed E-state index contributed by atoms with van der Waals surface area (Å²) in [7, 11) is 0. The quantitative estimate of drug-likeness (QED) is 0.314. The van der Waals surface area contributed by atoms with Crippen molar-refractivity contribution in [2.75, 3.05) is 0 Å². The van der Waals surface area contributed by atoms with Crippen molar-refractivity contribution in [3.8, 4) is 11.4 Å². The molecule has 190 valence electrons. The molecule has 4 aromatic rings. The van der Waals surface area contributed by atoms with Gasteiger partial charge in [-0.3, -0.25) is 4.79 Å². The molecule has 1 aromatic heterocycles. The number of fused-ring (bicyclic) bond motifs is 1. The van der Waals surface area contributed by atoms with Gasteiger partial charge in [-0.25, -0.2) is 9.78 Å². The second kappa shape index (κ2) is 9.72. The van der Waals surface area contributed by atoms with Crippen molar-refractivity contribution in [2.45, 2.75) is 44.4 Å². The van der Waals surface area contributed by atoms with E-state index in [2.05, 4.69) is 9.88 Å². The molecule has 0 bridgehead atoms. The van der Waals surface area contributed by atoms with Gasteiger partial charge in [-0.2, -0.15) is 13.2 Å². The van der Waals surface area contributed by atoms with Gasteiger partial charge in [-0.15, -0.1) is 0 Å². The minimum Gasteiger partial charge on any atom is -0.478 e. The third kappa shape index (κ3) is 5.07. The number of rotatable bonds is 6. The predicted molar refractivity (Wildman–Crippen MR) is 132 cm³/mol. The molecule has 1 saturated carbocycles. The molecule has 2 N–H and O–H groups in total. The van der Waals surface area contributed by atoms with Crippen LogP contribution in [-0.4, -0.2) is 26.5 Å². The van der Waals surface area contributed by atoms with Crippen molar-refractivity contribution in [3.63, 3.8) is 0 Å². The van der Waals surface area contributed by atoms with E-state index in [1.165, 1.54) is 12.1 Å². The summed E-state index contributed by atoms with van der Waals surface area (Å²) in [5.74, 6) is -0.717. The molecular formula is C28H24F3N3O3. The van der Waals surface area contributed by atoms with Crippen LogP contribution < -0.4 is 5.32 Å². The summed E-state index contributed by atoms with van der Waals surface area (Å²) in [6, 6.07) is 16.8. The lowest BCUT2D eigenvalue weighted by atomic mass is 10.1. The maximum atomic E-state index is 12.9. The van der Waals surface area contributed by atoms with E-state index in [4.69, 9.17) is 4.98 Å². The Hall–Kier alpha value is -4.14. The molecule has 0 atom stereocenters. The number of hydrogen-bond donors (Lipinski definition) is 2. The van der Waals surface area contributed by atoms with Crippen molar-refractivity contribution in [1.82, 2.24) is 14.9 Å². The first kappa shape index (κ1) is 24.5. The van der Waals surface area contributed by atoms with Crippen molar-refractivity contribution in [1.29, 1.82) is 0 Å². The van der Waals surface area contributed by atoms with Crippen LogP contribution >= 0.6 is 0 Å². The van der Waals surface area contributed by atoms with Gasteiger partial charge in [-0.05, 0) is 60.9 Å². The number of nitrogens with one attached hydrogen (secondary N) is 1. The normalized spacial score (nSPS) is 14.2. The molecule has 5 rings (SSSR count). The Kier molecular flexibility index (Phi) is 6.45. The Morgan fingerprint density at radius 1 is 0.973 bits per heavy atom. The fraction of sp³-hybridized carbons (Fsp3) is 0.250. The number of aromatic nitrogens is 2. The highest BCUT2D eigenvalue weighted by Crippen LogP contribution is 2.37. The van der Waals surface area contributed by atoms with E-state index in [1.807, 2.05) is 6.07 Å². The van der Waals surface area contributed by atoms with Gasteiger partial charge in [0, 0.05) is 23.7 Å². The Morgan fingerprint density at radius 2 is 1.70 bits per heavy atom. The van der Waals surface area contributed by atoms with Crippen LogP contribution in [0.2, 0.25) is 0 Å². The van der Waals surface area contributed by atoms with Crippen LogP contribution in [0.15, 0.2) is 66.7 Å². The Labute approximate surface area is 210 Å². The lowest BCUT2D eigenvalue weighted by Gasteiger charge is -2.17. The van der Waals surface area contributed by atoms with Gasteiger partial charge < -0.3 is 15.0 Å². The van der Waals surface area contributed by atoms with E-state index in [9.17, 15) is 27.9 Å². The summed E-state index contributed by atoms with van der Waals surface area (Å²) in [5.41, 5.74) is 2.52. The van der Waals surface area contributed by atoms with E-state index in [1.54, 1.807) is 36.4 Å². The minimum atomic E-state index is -4.41. The van der Waals surface area contributed by atoms with Crippen LogP contribution in [0.25, 0.3) is 22.4 Å². The predicted octanol–water partition coefficient (Wildman–Crippen LogP) is 6.47. The van der Waals surface area contributed by atoms with Gasteiger partial charge in [0.15, 0.2) is 0 Å². The molecule has 1 aliphatic carbocycles. The fourth-order valence-corrected chi connectivity index (χ4v) is 4.86. The van der Waals surface area contributed by atoms with E-state index >= 15 is 0 Å². The van der Waals surface area contributed by atoms with Crippen LogP contribution in [0, 0.1) is 0 Å². The first-order valence-electron chi connectivity index (χ1n) is 12.0. The summed E-state index contributed by atoms with van der Waals surface area (Å²) in [5, 5.41) is 12.2. The molecule has 0 unspecified atom stereocenters. The Balaban J connectivity index is 1.42. The van der Waals surface area contributed by atoms with E-state index < -0.39 is 17.7 Å². The number of nitrogens with zero attached hydrogens (tertiary/aromatic N) is 2. The molecule has 37 heavy (non-hydrogen) atoms. The number of carboxylic acid groups (broad SMARTS) is 1.